The van der Waals surface area contributed by atoms with Crippen LogP contribution in [-0.2, 0) is 6.42 Å². The van der Waals surface area contributed by atoms with Crippen molar-refractivity contribution < 1.29 is 22.0 Å². The molecule has 1 heterocycles. The monoisotopic (exact) mass is 405 g/mol. The van der Waals surface area contributed by atoms with E-state index < -0.39 is 34.8 Å². The highest BCUT2D eigenvalue weighted by Crippen LogP contribution is 2.27. The molecule has 0 radical (unpaired) electrons. The summed E-state index contributed by atoms with van der Waals surface area (Å²) in [4.78, 5) is 8.43. The Hall–Kier alpha value is -3.29. The third kappa shape index (κ3) is 4.59. The van der Waals surface area contributed by atoms with E-state index in [1.807, 2.05) is 6.92 Å². The molecule has 0 aliphatic carbocycles. The number of hydrogen-bond acceptors (Lipinski definition) is 2. The first-order valence-electron chi connectivity index (χ1n) is 8.68. The molecular weight excluding hydrogens is 389 g/mol. The molecule has 3 aromatic rings. The van der Waals surface area contributed by atoms with Gasteiger partial charge in [0.25, 0.3) is 0 Å². The molecule has 0 aliphatic heterocycles. The molecule has 150 valence electrons. The van der Waals surface area contributed by atoms with Crippen LogP contribution in [0.1, 0.15) is 16.8 Å². The Morgan fingerprint density at radius 1 is 0.862 bits per heavy atom. The number of nitrogens with one attached hydrogen (secondary N) is 1. The van der Waals surface area contributed by atoms with Gasteiger partial charge < -0.3 is 5.32 Å². The van der Waals surface area contributed by atoms with Crippen molar-refractivity contribution in [3.63, 3.8) is 0 Å². The fourth-order valence-electron chi connectivity index (χ4n) is 2.58. The number of amidine groups is 1. The van der Waals surface area contributed by atoms with Crippen LogP contribution in [0.4, 0.5) is 27.6 Å². The highest BCUT2D eigenvalue weighted by Gasteiger charge is 2.26. The minimum atomic E-state index is -2.21. The number of aryl methyl sites for hydroxylation is 1. The number of pyridine rings is 1. The molecule has 1 aromatic heterocycles. The predicted molar refractivity (Wildman–Crippen MR) is 100 cm³/mol. The summed E-state index contributed by atoms with van der Waals surface area (Å²) in [6, 6.07) is 12.1. The third-order valence-electron chi connectivity index (χ3n) is 4.14. The van der Waals surface area contributed by atoms with Crippen LogP contribution in [-0.4, -0.2) is 17.4 Å². The summed E-state index contributed by atoms with van der Waals surface area (Å²) in [6.45, 7) is 2.03. The summed E-state index contributed by atoms with van der Waals surface area (Å²) in [5, 5.41) is 2.28. The fourth-order valence-corrected chi connectivity index (χ4v) is 2.58. The standard InChI is InChI=1S/C21H16F5N3/c1-12-5-7-13(8-6-12)21(28-11-9-14-4-2-3-10-27-14)29-20-18(25)16(23)15(22)17(24)19(20)26/h2-8,10H,9,11H2,1H3,(H,28,29). The van der Waals surface area contributed by atoms with E-state index in [4.69, 9.17) is 0 Å². The van der Waals surface area contributed by atoms with Gasteiger partial charge in [-0.3, -0.25) is 9.98 Å². The van der Waals surface area contributed by atoms with Gasteiger partial charge in [0.05, 0.1) is 0 Å². The van der Waals surface area contributed by atoms with Crippen molar-refractivity contribution in [3.05, 3.63) is 94.6 Å². The van der Waals surface area contributed by atoms with E-state index in [2.05, 4.69) is 15.3 Å². The lowest BCUT2D eigenvalue weighted by molar-refractivity contribution is 0.382. The molecule has 0 atom stereocenters. The summed E-state index contributed by atoms with van der Waals surface area (Å²) < 4.78 is 68.5. The van der Waals surface area contributed by atoms with Crippen molar-refractivity contribution >= 4 is 11.5 Å². The Labute approximate surface area is 163 Å². The molecule has 3 nitrogen and oxygen atoms in total. The second kappa shape index (κ2) is 8.81. The first-order chi connectivity index (χ1) is 13.9. The predicted octanol–water partition coefficient (Wildman–Crippen LogP) is 5.19. The SMILES string of the molecule is Cc1ccc(C(=NCCc2ccccn2)Nc2c(F)c(F)c(F)c(F)c2F)cc1. The van der Waals surface area contributed by atoms with Crippen molar-refractivity contribution in [2.45, 2.75) is 13.3 Å². The van der Waals surface area contributed by atoms with Crippen molar-refractivity contribution in [2.24, 2.45) is 4.99 Å². The van der Waals surface area contributed by atoms with Gasteiger partial charge in [0.15, 0.2) is 23.3 Å². The number of aromatic nitrogens is 1. The molecule has 2 aromatic carbocycles. The summed E-state index contributed by atoms with van der Waals surface area (Å²) in [7, 11) is 0. The highest BCUT2D eigenvalue weighted by molar-refractivity contribution is 6.08. The molecule has 1 N–H and O–H groups in total. The van der Waals surface area contributed by atoms with Gasteiger partial charge in [-0.2, -0.15) is 0 Å². The van der Waals surface area contributed by atoms with E-state index in [-0.39, 0.29) is 12.4 Å². The van der Waals surface area contributed by atoms with Crippen LogP contribution in [0.25, 0.3) is 0 Å². The van der Waals surface area contributed by atoms with E-state index >= 15 is 0 Å². The Bertz CT molecular complexity index is 1010. The Balaban J connectivity index is 1.96. The zero-order valence-electron chi connectivity index (χ0n) is 15.3. The van der Waals surface area contributed by atoms with Gasteiger partial charge in [-0.1, -0.05) is 35.9 Å². The van der Waals surface area contributed by atoms with Crippen LogP contribution in [0.15, 0.2) is 53.7 Å². The first kappa shape index (κ1) is 20.4. The van der Waals surface area contributed by atoms with Crippen LogP contribution in [0.3, 0.4) is 0 Å². The second-order valence-corrected chi connectivity index (χ2v) is 6.24. The quantitative estimate of drug-likeness (QED) is 0.209. The van der Waals surface area contributed by atoms with E-state index in [0.717, 1.165) is 11.3 Å². The summed E-state index contributed by atoms with van der Waals surface area (Å²) in [6.07, 6.45) is 2.04. The van der Waals surface area contributed by atoms with E-state index in [1.165, 1.54) is 0 Å². The summed E-state index contributed by atoms with van der Waals surface area (Å²) in [5.74, 6) is -10.2. The molecule has 0 unspecified atom stereocenters. The van der Waals surface area contributed by atoms with Gasteiger partial charge in [0.2, 0.25) is 5.82 Å². The molecule has 0 aliphatic rings. The Kier molecular flexibility index (Phi) is 6.21. The average Bonchev–Trinajstić information content (AvgIpc) is 2.74. The first-order valence-corrected chi connectivity index (χ1v) is 8.68. The number of anilines is 1. The van der Waals surface area contributed by atoms with Crippen molar-refractivity contribution in [2.75, 3.05) is 11.9 Å². The van der Waals surface area contributed by atoms with Gasteiger partial charge in [0, 0.05) is 30.4 Å². The summed E-state index contributed by atoms with van der Waals surface area (Å²) >= 11 is 0. The molecule has 3 rings (SSSR count). The zero-order valence-corrected chi connectivity index (χ0v) is 15.3. The molecule has 0 saturated carbocycles. The largest absolute Gasteiger partial charge is 0.335 e. The van der Waals surface area contributed by atoms with Crippen LogP contribution in [0.5, 0.6) is 0 Å². The Morgan fingerprint density at radius 3 is 2.07 bits per heavy atom. The van der Waals surface area contributed by atoms with Crippen LogP contribution < -0.4 is 5.32 Å². The van der Waals surface area contributed by atoms with Crippen molar-refractivity contribution in [1.29, 1.82) is 0 Å². The third-order valence-corrected chi connectivity index (χ3v) is 4.14. The normalized spacial score (nSPS) is 11.6. The molecule has 0 fully saturated rings. The Morgan fingerprint density at radius 2 is 1.48 bits per heavy atom. The van der Waals surface area contributed by atoms with Crippen LogP contribution in [0.2, 0.25) is 0 Å². The fraction of sp³-hybridized carbons (Fsp3) is 0.143. The zero-order chi connectivity index (χ0) is 21.0. The van der Waals surface area contributed by atoms with Gasteiger partial charge in [-0.15, -0.1) is 0 Å². The molecule has 29 heavy (non-hydrogen) atoms. The highest BCUT2D eigenvalue weighted by atomic mass is 19.2. The number of nitrogens with zero attached hydrogens (tertiary/aromatic N) is 2. The second-order valence-electron chi connectivity index (χ2n) is 6.24. The smallest absolute Gasteiger partial charge is 0.200 e. The van der Waals surface area contributed by atoms with Gasteiger partial charge >= 0.3 is 0 Å². The topological polar surface area (TPSA) is 37.3 Å². The van der Waals surface area contributed by atoms with Crippen molar-refractivity contribution in [1.82, 2.24) is 4.98 Å². The molecule has 0 amide bonds. The van der Waals surface area contributed by atoms with E-state index in [0.29, 0.717) is 12.0 Å². The maximum Gasteiger partial charge on any atom is 0.200 e. The molecular formula is C21H16F5N3. The van der Waals surface area contributed by atoms with E-state index in [9.17, 15) is 22.0 Å². The number of halogens is 5. The maximum atomic E-state index is 14.1. The van der Waals surface area contributed by atoms with Crippen molar-refractivity contribution in [3.8, 4) is 0 Å². The number of hydrogen-bond donors (Lipinski definition) is 1. The molecule has 0 bridgehead atoms. The van der Waals surface area contributed by atoms with Crippen LogP contribution >= 0.6 is 0 Å². The number of rotatable bonds is 5. The van der Waals surface area contributed by atoms with Crippen LogP contribution in [0, 0.1) is 36.0 Å². The average molecular weight is 405 g/mol. The molecule has 0 spiro atoms. The van der Waals surface area contributed by atoms with Gasteiger partial charge in [0.1, 0.15) is 11.5 Å². The summed E-state index contributed by atoms with van der Waals surface area (Å²) in [5.41, 5.74) is 0.952. The number of aliphatic imine (C=N–C) groups is 1. The molecule has 0 saturated heterocycles. The lowest BCUT2D eigenvalue weighted by Crippen LogP contribution is -2.19. The number of benzene rings is 2. The minimum absolute atomic E-state index is 0.0239. The maximum absolute atomic E-state index is 14.1. The lowest BCUT2D eigenvalue weighted by atomic mass is 10.1. The molecule has 8 heteroatoms. The van der Waals surface area contributed by atoms with Gasteiger partial charge in [-0.05, 0) is 19.1 Å². The lowest BCUT2D eigenvalue weighted by Gasteiger charge is -2.14. The van der Waals surface area contributed by atoms with Gasteiger partial charge in [-0.25, -0.2) is 22.0 Å². The minimum Gasteiger partial charge on any atom is -0.335 e. The van der Waals surface area contributed by atoms with E-state index in [1.54, 1.807) is 48.7 Å².